The summed E-state index contributed by atoms with van der Waals surface area (Å²) in [5.74, 6) is 1.65. The van der Waals surface area contributed by atoms with Crippen molar-refractivity contribution in [3.05, 3.63) is 58.7 Å². The van der Waals surface area contributed by atoms with Gasteiger partial charge in [-0.3, -0.25) is 4.79 Å². The largest absolute Gasteiger partial charge is 0.481 e. The molecule has 8 nitrogen and oxygen atoms in total. The number of aliphatic carboxylic acids is 1. The van der Waals surface area contributed by atoms with Crippen molar-refractivity contribution in [3.8, 4) is 0 Å². The predicted molar refractivity (Wildman–Crippen MR) is 214 cm³/mol. The molecule has 0 radical (unpaired) electrons. The van der Waals surface area contributed by atoms with Crippen LogP contribution in [0.2, 0.25) is 0 Å². The summed E-state index contributed by atoms with van der Waals surface area (Å²) in [6.07, 6.45) is 23.0. The molecule has 0 bridgehead atoms. The molecular weight excluding hydrogens is 663 g/mol. The maximum Gasteiger partial charge on any atom is 0.309 e. The number of aliphatic hydroxyl groups is 3. The average Bonchev–Trinajstić information content (AvgIpc) is 3.66. The standard InChI is InChI=1S/C45H73N3O5/c1-5-6-8-11-31-14-15-34(42(50)24-31)12-9-7-10-13-38(44(51)52)41(49)18-20-45(53)28-33(22-32-19-21-47-43(46)25-32)23-35(45)26-36-27-39-30(4)37(29(2)3)16-17-40(39)48-36/h14-15,19,25,27,29-31,33-35,37-38,41-42,47-50,53H,5-13,16-18,20-24,26,28,46H2,1-4H3,(H,51,52)/t30-,31-,33-,34-,35-,37-,38+,41-,42-,45+/m1/s1. The van der Waals surface area contributed by atoms with Gasteiger partial charge in [-0.2, -0.15) is 0 Å². The first kappa shape index (κ1) is 41.6. The summed E-state index contributed by atoms with van der Waals surface area (Å²) < 4.78 is 0. The van der Waals surface area contributed by atoms with Crippen molar-refractivity contribution in [1.82, 2.24) is 10.3 Å². The highest BCUT2D eigenvalue weighted by atomic mass is 16.4. The fraction of sp³-hybridized carbons (Fsp3) is 0.756. The number of hydrogen-bond acceptors (Lipinski definition) is 6. The van der Waals surface area contributed by atoms with Gasteiger partial charge in [0, 0.05) is 23.9 Å². The summed E-state index contributed by atoms with van der Waals surface area (Å²) in [5.41, 5.74) is 10.3. The van der Waals surface area contributed by atoms with Gasteiger partial charge in [0.25, 0.3) is 0 Å². The monoisotopic (exact) mass is 736 g/mol. The van der Waals surface area contributed by atoms with Gasteiger partial charge in [0.2, 0.25) is 0 Å². The number of H-pyrrole nitrogens is 1. The Kier molecular flexibility index (Phi) is 15.2. The summed E-state index contributed by atoms with van der Waals surface area (Å²) in [7, 11) is 0. The third-order valence-electron chi connectivity index (χ3n) is 13.8. The van der Waals surface area contributed by atoms with Crippen molar-refractivity contribution in [3.63, 3.8) is 0 Å². The molecule has 8 heteroatoms. The molecule has 8 N–H and O–H groups in total. The number of allylic oxidation sites excluding steroid dienone is 3. The maximum atomic E-state index is 12.4. The summed E-state index contributed by atoms with van der Waals surface area (Å²) in [6, 6.07) is 2.35. The lowest BCUT2D eigenvalue weighted by Gasteiger charge is -2.32. The first-order chi connectivity index (χ1) is 25.4. The maximum absolute atomic E-state index is 12.4. The second-order valence-electron chi connectivity index (χ2n) is 18.0. The van der Waals surface area contributed by atoms with E-state index in [4.69, 9.17) is 5.73 Å². The Hall–Kier alpha value is -2.55. The van der Waals surface area contributed by atoms with Crippen LogP contribution < -0.4 is 11.1 Å². The Bertz CT molecular complexity index is 1410. The third kappa shape index (κ3) is 11.3. The van der Waals surface area contributed by atoms with Crippen molar-refractivity contribution in [2.75, 3.05) is 6.54 Å². The summed E-state index contributed by atoms with van der Waals surface area (Å²) >= 11 is 0. The number of nitrogens with one attached hydrogen (secondary N) is 2. The zero-order chi connectivity index (χ0) is 38.1. The topological polar surface area (TPSA) is 152 Å². The van der Waals surface area contributed by atoms with Crippen LogP contribution in [0.4, 0.5) is 0 Å². The van der Waals surface area contributed by atoms with E-state index in [1.165, 1.54) is 48.2 Å². The van der Waals surface area contributed by atoms with Crippen LogP contribution in [0.15, 0.2) is 41.8 Å². The van der Waals surface area contributed by atoms with Crippen LogP contribution in [0.1, 0.15) is 153 Å². The number of fused-ring (bicyclic) bond motifs is 1. The molecule has 1 saturated carbocycles. The number of aryl methyl sites for hydroxylation is 1. The van der Waals surface area contributed by atoms with Gasteiger partial charge in [-0.15, -0.1) is 0 Å². The molecule has 0 amide bonds. The van der Waals surface area contributed by atoms with Crippen molar-refractivity contribution in [2.45, 2.75) is 167 Å². The molecular formula is C45H73N3O5. The lowest BCUT2D eigenvalue weighted by Crippen LogP contribution is -2.37. The molecule has 1 fully saturated rings. The third-order valence-corrected chi connectivity index (χ3v) is 13.8. The van der Waals surface area contributed by atoms with Crippen molar-refractivity contribution < 1.29 is 25.2 Å². The van der Waals surface area contributed by atoms with E-state index >= 15 is 0 Å². The number of aromatic amines is 1. The normalized spacial score (nSPS) is 31.1. The minimum atomic E-state index is -1.01. The smallest absolute Gasteiger partial charge is 0.309 e. The predicted octanol–water partition coefficient (Wildman–Crippen LogP) is 8.28. The second-order valence-corrected chi connectivity index (χ2v) is 18.0. The number of carbonyl (C=O) groups is 1. The highest BCUT2D eigenvalue weighted by Gasteiger charge is 2.46. The van der Waals surface area contributed by atoms with E-state index in [2.05, 4.69) is 62.3 Å². The fourth-order valence-electron chi connectivity index (χ4n) is 10.6. The number of dihydropyridines is 1. The van der Waals surface area contributed by atoms with Gasteiger partial charge in [-0.25, -0.2) is 0 Å². The van der Waals surface area contributed by atoms with Gasteiger partial charge in [-0.05, 0) is 136 Å². The van der Waals surface area contributed by atoms with Crippen LogP contribution >= 0.6 is 0 Å². The van der Waals surface area contributed by atoms with E-state index in [-0.39, 0.29) is 30.3 Å². The molecule has 53 heavy (non-hydrogen) atoms. The van der Waals surface area contributed by atoms with Crippen LogP contribution in [0.5, 0.6) is 0 Å². The van der Waals surface area contributed by atoms with Gasteiger partial charge >= 0.3 is 5.97 Å². The number of nitrogens with two attached hydrogens (primary N) is 1. The van der Waals surface area contributed by atoms with E-state index in [9.17, 15) is 25.2 Å². The van der Waals surface area contributed by atoms with E-state index in [0.29, 0.717) is 55.3 Å². The average molecular weight is 736 g/mol. The molecule has 0 saturated heterocycles. The molecule has 1 aromatic heterocycles. The minimum absolute atomic E-state index is 0.0127. The number of rotatable bonds is 20. The van der Waals surface area contributed by atoms with Crippen LogP contribution in [-0.2, 0) is 17.6 Å². The molecule has 298 valence electrons. The quantitative estimate of drug-likeness (QED) is 0.0526. The zero-order valence-corrected chi connectivity index (χ0v) is 33.4. The molecule has 1 aliphatic heterocycles. The van der Waals surface area contributed by atoms with E-state index in [0.717, 1.165) is 64.2 Å². The highest BCUT2D eigenvalue weighted by Crippen LogP contribution is 2.48. The number of unbranched alkanes of at least 4 members (excludes halogenated alkanes) is 4. The van der Waals surface area contributed by atoms with Gasteiger partial charge in [0.05, 0.1) is 29.5 Å². The lowest BCUT2D eigenvalue weighted by atomic mass is 9.73. The Balaban J connectivity index is 1.16. The Morgan fingerprint density at radius 2 is 1.85 bits per heavy atom. The summed E-state index contributed by atoms with van der Waals surface area (Å²) in [4.78, 5) is 16.1. The summed E-state index contributed by atoms with van der Waals surface area (Å²) in [5, 5.41) is 47.8. The Morgan fingerprint density at radius 1 is 1.06 bits per heavy atom. The molecule has 3 aliphatic carbocycles. The minimum Gasteiger partial charge on any atom is -0.481 e. The number of carboxylic acids is 1. The van der Waals surface area contributed by atoms with E-state index < -0.39 is 23.6 Å². The van der Waals surface area contributed by atoms with Gasteiger partial charge in [-0.1, -0.05) is 84.4 Å². The number of hydrogen-bond donors (Lipinski definition) is 7. The van der Waals surface area contributed by atoms with Crippen molar-refractivity contribution in [2.24, 2.45) is 47.2 Å². The first-order valence-electron chi connectivity index (χ1n) is 21.5. The molecule has 1 aromatic rings. The van der Waals surface area contributed by atoms with E-state index in [1.807, 2.05) is 6.08 Å². The van der Waals surface area contributed by atoms with Gasteiger partial charge < -0.3 is 36.5 Å². The SMILES string of the molecule is CCCCC[C@@H]1C=C[C@@H](CCCCC[C@H](C(=O)O)[C@H](O)CC[C@]2(O)C[C@H](CC3=CCNC(N)=C3)C[C@@H]2Cc2cc3c([nH]2)CC[C@H](C(C)C)[C@H]3C)[C@H](O)C1. The second kappa shape index (κ2) is 19.4. The molecule has 0 spiro atoms. The first-order valence-corrected chi connectivity index (χ1v) is 21.5. The van der Waals surface area contributed by atoms with Crippen molar-refractivity contribution in [1.29, 1.82) is 0 Å². The molecule has 0 aromatic carbocycles. The Labute approximate surface area is 320 Å². The lowest BCUT2D eigenvalue weighted by molar-refractivity contribution is -0.146. The highest BCUT2D eigenvalue weighted by molar-refractivity contribution is 5.70. The molecule has 2 heterocycles. The number of aliphatic hydroxyl groups excluding tert-OH is 2. The van der Waals surface area contributed by atoms with Crippen LogP contribution in [0.25, 0.3) is 0 Å². The van der Waals surface area contributed by atoms with Crippen LogP contribution in [-0.4, -0.2) is 55.7 Å². The molecule has 4 aliphatic rings. The molecule has 10 atom stereocenters. The number of carboxylic acid groups (broad SMARTS) is 1. The Morgan fingerprint density at radius 3 is 2.57 bits per heavy atom. The molecule has 0 unspecified atom stereocenters. The number of aromatic nitrogens is 1. The van der Waals surface area contributed by atoms with E-state index in [1.54, 1.807) is 0 Å². The van der Waals surface area contributed by atoms with Crippen LogP contribution in [0, 0.1) is 41.4 Å². The van der Waals surface area contributed by atoms with Crippen LogP contribution in [0.3, 0.4) is 0 Å². The van der Waals surface area contributed by atoms with Crippen molar-refractivity contribution >= 4 is 5.97 Å². The zero-order valence-electron chi connectivity index (χ0n) is 33.4. The van der Waals surface area contributed by atoms with Gasteiger partial charge in [0.1, 0.15) is 0 Å². The van der Waals surface area contributed by atoms with Gasteiger partial charge in [0.15, 0.2) is 0 Å². The summed E-state index contributed by atoms with van der Waals surface area (Å²) in [6.45, 7) is 9.94. The fourth-order valence-corrected chi connectivity index (χ4v) is 10.6. The molecule has 5 rings (SSSR count).